The summed E-state index contributed by atoms with van der Waals surface area (Å²) < 4.78 is 1.36. The number of pyridine rings is 1. The zero-order valence-electron chi connectivity index (χ0n) is 7.28. The quantitative estimate of drug-likeness (QED) is 0.783. The van der Waals surface area contributed by atoms with Crippen LogP contribution in [0, 0.1) is 0 Å². The monoisotopic (exact) mass is 346 g/mol. The molecular weight excluding hydrogens is 344 g/mol. The predicted molar refractivity (Wildman–Crippen MR) is 65.2 cm³/mol. The average Bonchev–Trinajstić information content (AvgIpc) is 2.65. The number of aromatic nitrogens is 2. The van der Waals surface area contributed by atoms with Crippen molar-refractivity contribution in [3.05, 3.63) is 43.5 Å². The molecule has 2 aromatic heterocycles. The van der Waals surface area contributed by atoms with E-state index >= 15 is 0 Å². The largest absolute Gasteiger partial charge is 0.286 e. The van der Waals surface area contributed by atoms with Gasteiger partial charge in [-0.2, -0.15) is 0 Å². The van der Waals surface area contributed by atoms with Gasteiger partial charge in [0.25, 0.3) is 0 Å². The van der Waals surface area contributed by atoms with Crippen LogP contribution in [0.15, 0.2) is 32.9 Å². The smallest absolute Gasteiger partial charge is 0.222 e. The number of thiazole rings is 1. The third-order valence-electron chi connectivity index (χ3n) is 1.69. The zero-order valence-corrected chi connectivity index (χ0v) is 11.3. The summed E-state index contributed by atoms with van der Waals surface area (Å²) in [5.74, 6) is -0.0972. The van der Waals surface area contributed by atoms with Gasteiger partial charge < -0.3 is 0 Å². The fraction of sp³-hybridized carbons (Fsp3) is 0. The molecule has 2 aromatic rings. The van der Waals surface area contributed by atoms with E-state index in [2.05, 4.69) is 41.8 Å². The fourth-order valence-corrected chi connectivity index (χ4v) is 2.67. The van der Waals surface area contributed by atoms with E-state index in [-0.39, 0.29) is 5.78 Å². The predicted octanol–water partition coefficient (Wildman–Crippen LogP) is 3.29. The second kappa shape index (κ2) is 4.51. The Hall–Kier alpha value is -0.590. The molecular formula is C9H4Br2N2OS. The van der Waals surface area contributed by atoms with Crippen LogP contribution in [0.1, 0.15) is 15.4 Å². The van der Waals surface area contributed by atoms with E-state index in [1.807, 2.05) is 0 Å². The Bertz CT molecular complexity index is 512. The number of hydrogen-bond donors (Lipinski definition) is 0. The van der Waals surface area contributed by atoms with Crippen LogP contribution in [-0.2, 0) is 0 Å². The molecule has 0 aliphatic heterocycles. The fourth-order valence-electron chi connectivity index (χ4n) is 1.03. The van der Waals surface area contributed by atoms with Crippen molar-refractivity contribution in [3.63, 3.8) is 0 Å². The lowest BCUT2D eigenvalue weighted by Gasteiger charge is -1.98. The van der Waals surface area contributed by atoms with E-state index in [0.717, 1.165) is 0 Å². The standard InChI is InChI=1S/C9H4Br2N2OS/c10-6-3-12-2-1-5(6)8(14)9-13-7(11)4-15-9/h1-4H. The minimum Gasteiger partial charge on any atom is -0.286 e. The molecule has 0 spiro atoms. The van der Waals surface area contributed by atoms with E-state index < -0.39 is 0 Å². The maximum atomic E-state index is 11.9. The molecule has 0 unspecified atom stereocenters. The van der Waals surface area contributed by atoms with Crippen molar-refractivity contribution in [2.75, 3.05) is 0 Å². The molecule has 15 heavy (non-hydrogen) atoms. The Kier molecular flexibility index (Phi) is 3.28. The van der Waals surface area contributed by atoms with Crippen molar-refractivity contribution < 1.29 is 4.79 Å². The second-order valence-corrected chi connectivity index (χ2v) is 5.18. The maximum Gasteiger partial charge on any atom is 0.222 e. The van der Waals surface area contributed by atoms with Crippen LogP contribution < -0.4 is 0 Å². The first-order chi connectivity index (χ1) is 7.18. The summed E-state index contributed by atoms with van der Waals surface area (Å²) in [6.45, 7) is 0. The minimum absolute atomic E-state index is 0.0972. The van der Waals surface area contributed by atoms with Gasteiger partial charge in [0.2, 0.25) is 5.78 Å². The number of rotatable bonds is 2. The number of hydrogen-bond acceptors (Lipinski definition) is 4. The normalized spacial score (nSPS) is 10.3. The van der Waals surface area contributed by atoms with Crippen molar-refractivity contribution in [3.8, 4) is 0 Å². The van der Waals surface area contributed by atoms with Crippen molar-refractivity contribution in [2.45, 2.75) is 0 Å². The molecule has 0 N–H and O–H groups in total. The summed E-state index contributed by atoms with van der Waals surface area (Å²) >= 11 is 7.81. The summed E-state index contributed by atoms with van der Waals surface area (Å²) in [4.78, 5) is 19.9. The Morgan fingerprint density at radius 3 is 2.80 bits per heavy atom. The molecule has 0 aromatic carbocycles. The zero-order chi connectivity index (χ0) is 10.8. The van der Waals surface area contributed by atoms with Gasteiger partial charge >= 0.3 is 0 Å². The van der Waals surface area contributed by atoms with Crippen LogP contribution in [0.4, 0.5) is 0 Å². The molecule has 6 heteroatoms. The van der Waals surface area contributed by atoms with E-state index in [1.54, 1.807) is 23.8 Å². The summed E-state index contributed by atoms with van der Waals surface area (Å²) in [5, 5.41) is 2.25. The highest BCUT2D eigenvalue weighted by molar-refractivity contribution is 9.10. The van der Waals surface area contributed by atoms with E-state index in [1.165, 1.54) is 11.3 Å². The summed E-state index contributed by atoms with van der Waals surface area (Å²) in [6, 6.07) is 1.67. The lowest BCUT2D eigenvalue weighted by Crippen LogP contribution is -2.01. The first-order valence-corrected chi connectivity index (χ1v) is 6.40. The number of carbonyl (C=O) groups excluding carboxylic acids is 1. The molecule has 0 aliphatic rings. The Morgan fingerprint density at radius 1 is 1.40 bits per heavy atom. The Morgan fingerprint density at radius 2 is 2.20 bits per heavy atom. The molecule has 0 bridgehead atoms. The second-order valence-electron chi connectivity index (χ2n) is 2.66. The van der Waals surface area contributed by atoms with E-state index in [9.17, 15) is 4.79 Å². The molecule has 0 radical (unpaired) electrons. The lowest BCUT2D eigenvalue weighted by molar-refractivity contribution is 0.103. The molecule has 76 valence electrons. The van der Waals surface area contributed by atoms with Gasteiger partial charge in [0, 0.05) is 27.8 Å². The molecule has 0 aliphatic carbocycles. The number of carbonyl (C=O) groups is 1. The highest BCUT2D eigenvalue weighted by Gasteiger charge is 2.15. The van der Waals surface area contributed by atoms with Gasteiger partial charge in [-0.05, 0) is 37.9 Å². The molecule has 0 amide bonds. The first kappa shape index (κ1) is 10.9. The molecule has 0 atom stereocenters. The van der Waals surface area contributed by atoms with Crippen molar-refractivity contribution >= 4 is 49.0 Å². The lowest BCUT2D eigenvalue weighted by atomic mass is 10.2. The summed E-state index contributed by atoms with van der Waals surface area (Å²) in [5.41, 5.74) is 0.576. The molecule has 3 nitrogen and oxygen atoms in total. The van der Waals surface area contributed by atoms with Gasteiger partial charge in [0.05, 0.1) is 0 Å². The third-order valence-corrected chi connectivity index (χ3v) is 3.87. The summed E-state index contributed by atoms with van der Waals surface area (Å²) in [6.07, 6.45) is 3.18. The van der Waals surface area contributed by atoms with Crippen molar-refractivity contribution in [1.29, 1.82) is 0 Å². The Balaban J connectivity index is 2.41. The van der Waals surface area contributed by atoms with E-state index in [4.69, 9.17) is 0 Å². The SMILES string of the molecule is O=C(c1nc(Br)cs1)c1ccncc1Br. The minimum atomic E-state index is -0.0972. The van der Waals surface area contributed by atoms with Crippen molar-refractivity contribution in [2.24, 2.45) is 0 Å². The highest BCUT2D eigenvalue weighted by Crippen LogP contribution is 2.22. The number of ketones is 1. The molecule has 0 saturated heterocycles. The molecule has 0 fully saturated rings. The molecule has 2 heterocycles. The first-order valence-electron chi connectivity index (χ1n) is 3.93. The molecule has 2 rings (SSSR count). The van der Waals surface area contributed by atoms with Crippen LogP contribution in [0.5, 0.6) is 0 Å². The number of nitrogens with zero attached hydrogens (tertiary/aromatic N) is 2. The van der Waals surface area contributed by atoms with Crippen molar-refractivity contribution in [1.82, 2.24) is 9.97 Å². The van der Waals surface area contributed by atoms with Gasteiger partial charge in [-0.15, -0.1) is 11.3 Å². The van der Waals surface area contributed by atoms with Crippen LogP contribution in [0.3, 0.4) is 0 Å². The van der Waals surface area contributed by atoms with Crippen LogP contribution in [0.2, 0.25) is 0 Å². The maximum absolute atomic E-state index is 11.9. The van der Waals surface area contributed by atoms with Gasteiger partial charge in [0.15, 0.2) is 5.01 Å². The highest BCUT2D eigenvalue weighted by atomic mass is 79.9. The third kappa shape index (κ3) is 2.32. The molecule has 0 saturated carbocycles. The van der Waals surface area contributed by atoms with Gasteiger partial charge in [0.1, 0.15) is 4.60 Å². The van der Waals surface area contributed by atoms with Gasteiger partial charge in [-0.25, -0.2) is 4.98 Å². The van der Waals surface area contributed by atoms with Crippen LogP contribution in [-0.4, -0.2) is 15.8 Å². The topological polar surface area (TPSA) is 42.9 Å². The van der Waals surface area contributed by atoms with Crippen LogP contribution >= 0.6 is 43.2 Å². The number of halogens is 2. The average molecular weight is 348 g/mol. The Labute approximate surface area is 107 Å². The van der Waals surface area contributed by atoms with Gasteiger partial charge in [-0.3, -0.25) is 9.78 Å². The van der Waals surface area contributed by atoms with Gasteiger partial charge in [-0.1, -0.05) is 0 Å². The summed E-state index contributed by atoms with van der Waals surface area (Å²) in [7, 11) is 0. The van der Waals surface area contributed by atoms with E-state index in [0.29, 0.717) is 19.6 Å². The van der Waals surface area contributed by atoms with Crippen LogP contribution in [0.25, 0.3) is 0 Å².